The van der Waals surface area contributed by atoms with Gasteiger partial charge in [0.05, 0.1) is 102 Å². The van der Waals surface area contributed by atoms with Gasteiger partial charge < -0.3 is 50.8 Å². The number of carboxylic acid groups (broad SMARTS) is 4. The number of carbonyl (C=O) groups is 4. The maximum Gasteiger partial charge on any atom is 0.303 e. The van der Waals surface area contributed by atoms with Crippen molar-refractivity contribution >= 4 is 80.4 Å². The van der Waals surface area contributed by atoms with E-state index in [-0.39, 0.29) is 51.4 Å². The first-order valence-corrected chi connectivity index (χ1v) is 26.9. The molecule has 414 valence electrons. The molecule has 20 heteroatoms. The van der Waals surface area contributed by atoms with Crippen LogP contribution >= 0.6 is 0 Å². The standard InChI is InChI=1S/C64H50N12O8/c1-75-33-31-65-63(75)61-53-23-19-49(71-53)37(7-27-57(77)78)45-15-11-41(67-45)35(42-12-16-46(68-42)38(8-28-58(79)80)50-20-24-54(61)72-50)5-3-4-6-36-43-13-17-47(69-43)39(9-29-59(81)82)51-21-25-55(73-51)62(64-66-32-34-76(64)2)56-26-22-52(74-56)40(10-30-60(83)84)48-18-14-44(36)70-48/h11-26,31-34,65-66,71,73H,7-10,27-30H2,1-2H3,(H,77,78)(H,79,80)(H,81,82)(H,83,84)/b42-35?,44-36?,45-37?,47-39?,50-38?,52-40?,63-61-,64-62+. The van der Waals surface area contributed by atoms with Crippen LogP contribution in [0.1, 0.15) is 74.1 Å². The van der Waals surface area contributed by atoms with Gasteiger partial charge in [0.15, 0.2) is 0 Å². The number of carboxylic acids is 4. The van der Waals surface area contributed by atoms with Gasteiger partial charge in [0.25, 0.3) is 0 Å². The molecule has 0 saturated heterocycles. The predicted molar refractivity (Wildman–Crippen MR) is 320 cm³/mol. The van der Waals surface area contributed by atoms with Gasteiger partial charge in [-0.15, -0.1) is 0 Å². The van der Waals surface area contributed by atoms with Gasteiger partial charge in [-0.25, -0.2) is 30.0 Å². The number of allylic oxidation sites excluding steroid dienone is 20. The predicted octanol–water partition coefficient (Wildman–Crippen LogP) is 8.39. The van der Waals surface area contributed by atoms with Crippen LogP contribution in [0.3, 0.4) is 0 Å². The van der Waals surface area contributed by atoms with Gasteiger partial charge in [-0.2, -0.15) is 0 Å². The summed E-state index contributed by atoms with van der Waals surface area (Å²) in [6.07, 6.45) is 28.9. The van der Waals surface area contributed by atoms with E-state index in [1.165, 1.54) is 0 Å². The Bertz CT molecular complexity index is 4010. The maximum absolute atomic E-state index is 12.1. The minimum atomic E-state index is -0.990. The Labute approximate surface area is 480 Å². The lowest BCUT2D eigenvalue weighted by Crippen LogP contribution is -2.19. The molecule has 0 atom stereocenters. The van der Waals surface area contributed by atoms with Crippen LogP contribution in [0.2, 0.25) is 0 Å². The zero-order valence-electron chi connectivity index (χ0n) is 45.2. The maximum atomic E-state index is 12.1. The van der Waals surface area contributed by atoms with Gasteiger partial charge in [0, 0.05) is 98.3 Å². The normalized spacial score (nSPS) is 20.5. The van der Waals surface area contributed by atoms with E-state index < -0.39 is 23.9 Å². The second kappa shape index (κ2) is 22.3. The van der Waals surface area contributed by atoms with Crippen LogP contribution in [0.4, 0.5) is 0 Å². The number of nitrogens with one attached hydrogen (secondary N) is 4. The lowest BCUT2D eigenvalue weighted by Gasteiger charge is -2.17. The Morgan fingerprint density at radius 2 is 0.714 bits per heavy atom. The third kappa shape index (κ3) is 10.6. The summed E-state index contributed by atoms with van der Waals surface area (Å²) in [6.45, 7) is 0. The second-order valence-corrected chi connectivity index (χ2v) is 20.2. The first-order chi connectivity index (χ1) is 40.7. The molecule has 0 aromatic carbocycles. The lowest BCUT2D eigenvalue weighted by atomic mass is 10.0. The largest absolute Gasteiger partial charge is 0.481 e. The minimum Gasteiger partial charge on any atom is -0.481 e. The number of hydrogen-bond donors (Lipinski definition) is 8. The van der Waals surface area contributed by atoms with Crippen LogP contribution in [0.25, 0.3) is 22.3 Å². The van der Waals surface area contributed by atoms with E-state index in [4.69, 9.17) is 30.0 Å². The van der Waals surface area contributed by atoms with Gasteiger partial charge in [0.1, 0.15) is 11.6 Å². The molecule has 12 rings (SSSR count). The Kier molecular flexibility index (Phi) is 14.1. The van der Waals surface area contributed by atoms with Crippen molar-refractivity contribution in [2.45, 2.75) is 51.4 Å². The molecule has 20 nitrogen and oxygen atoms in total. The Morgan fingerprint density at radius 1 is 0.405 bits per heavy atom. The Hall–Kier alpha value is -11.4. The fourth-order valence-electron chi connectivity index (χ4n) is 10.7. The van der Waals surface area contributed by atoms with E-state index in [0.29, 0.717) is 125 Å². The smallest absolute Gasteiger partial charge is 0.303 e. The minimum absolute atomic E-state index is 0.113. The Balaban J connectivity index is 1.02. The highest BCUT2D eigenvalue weighted by Crippen LogP contribution is 2.38. The van der Waals surface area contributed by atoms with Crippen molar-refractivity contribution in [2.75, 3.05) is 14.1 Å². The summed E-state index contributed by atoms with van der Waals surface area (Å²) in [6, 6.07) is 7.58. The number of aliphatic carboxylic acids is 4. The average Bonchev–Trinajstić information content (AvgIpc) is 4.43. The lowest BCUT2D eigenvalue weighted by molar-refractivity contribution is -0.137. The van der Waals surface area contributed by atoms with Crippen molar-refractivity contribution in [3.8, 4) is 23.7 Å². The van der Waals surface area contributed by atoms with Crippen LogP contribution in [-0.4, -0.2) is 112 Å². The summed E-state index contributed by atoms with van der Waals surface area (Å²) in [5.74, 6) is 10.1. The van der Waals surface area contributed by atoms with Crippen molar-refractivity contribution in [1.82, 2.24) is 30.4 Å². The fraction of sp³-hybridized carbons (Fsp3) is 0.156. The molecule has 0 unspecified atom stereocenters. The topological polar surface area (TPSA) is 285 Å². The van der Waals surface area contributed by atoms with E-state index in [1.807, 2.05) is 97.3 Å². The highest BCUT2D eigenvalue weighted by Gasteiger charge is 2.30. The van der Waals surface area contributed by atoms with Crippen LogP contribution in [0, 0.1) is 23.7 Å². The first-order valence-electron chi connectivity index (χ1n) is 26.9. The summed E-state index contributed by atoms with van der Waals surface area (Å²) in [4.78, 5) is 90.0. The zero-order valence-corrected chi connectivity index (χ0v) is 45.2. The summed E-state index contributed by atoms with van der Waals surface area (Å²) >= 11 is 0. The van der Waals surface area contributed by atoms with E-state index in [9.17, 15) is 39.6 Å². The highest BCUT2D eigenvalue weighted by molar-refractivity contribution is 6.32. The first kappa shape index (κ1) is 53.3. The summed E-state index contributed by atoms with van der Waals surface area (Å²) < 4.78 is 0. The third-order valence-electron chi connectivity index (χ3n) is 14.8. The summed E-state index contributed by atoms with van der Waals surface area (Å²) in [5.41, 5.74) is 13.2. The molecule has 0 saturated carbocycles. The van der Waals surface area contributed by atoms with Crippen molar-refractivity contribution in [1.29, 1.82) is 0 Å². The second-order valence-electron chi connectivity index (χ2n) is 20.2. The van der Waals surface area contributed by atoms with Crippen molar-refractivity contribution in [3.05, 3.63) is 213 Å². The monoisotopic (exact) mass is 1110 g/mol. The molecular formula is C64H50N12O8. The number of fused-ring (bicyclic) bond motifs is 10. The van der Waals surface area contributed by atoms with Crippen molar-refractivity contribution < 1.29 is 39.6 Å². The van der Waals surface area contributed by atoms with Crippen LogP contribution < -0.4 is 10.6 Å². The molecule has 10 aliphatic rings. The van der Waals surface area contributed by atoms with E-state index >= 15 is 0 Å². The van der Waals surface area contributed by atoms with Gasteiger partial charge >= 0.3 is 23.9 Å². The van der Waals surface area contributed by atoms with Crippen LogP contribution in [0.5, 0.6) is 0 Å². The van der Waals surface area contributed by atoms with E-state index in [0.717, 1.165) is 22.8 Å². The van der Waals surface area contributed by atoms with Gasteiger partial charge in [0.2, 0.25) is 0 Å². The molecule has 0 radical (unpaired) electrons. The number of rotatable bonds is 12. The molecule has 0 amide bonds. The van der Waals surface area contributed by atoms with E-state index in [1.54, 1.807) is 48.6 Å². The zero-order chi connectivity index (χ0) is 58.2. The molecule has 2 aromatic rings. The molecule has 84 heavy (non-hydrogen) atoms. The number of aromatic nitrogens is 2. The molecule has 10 aliphatic heterocycles. The fourth-order valence-corrected chi connectivity index (χ4v) is 10.7. The van der Waals surface area contributed by atoms with Crippen LogP contribution in [0.15, 0.2) is 220 Å². The Morgan fingerprint density at radius 3 is 1.08 bits per heavy atom. The molecule has 12 heterocycles. The molecule has 16 bridgehead atoms. The van der Waals surface area contributed by atoms with Gasteiger partial charge in [-0.1, -0.05) is 0 Å². The number of aromatic amines is 2. The van der Waals surface area contributed by atoms with Crippen molar-refractivity contribution in [3.63, 3.8) is 0 Å². The molecule has 0 aliphatic carbocycles. The summed E-state index contributed by atoms with van der Waals surface area (Å²) in [7, 11) is 3.80. The van der Waals surface area contributed by atoms with Gasteiger partial charge in [-0.05, 0) is 147 Å². The van der Waals surface area contributed by atoms with Gasteiger partial charge in [-0.3, -0.25) is 19.2 Å². The molecule has 0 spiro atoms. The SMILES string of the molecule is CN1C=CN/C1=C1/C2=NC(=C(CCC(=O)O)C3=NC(=C(C#CC#CC4=C5C=CC(=N5)C(CCC(=O)O)=C5C=CC(=N5)/C(=C5\NC=CN5C)c5ccc([nH]5)C(CCC(=O)O)=C5C=CC4=N5)C4=NC(=C(CCC(=O)O)c5ccc1[nH]5)C=C4)C=C3)C=C2. The number of nitrogens with zero attached hydrogens (tertiary/aromatic N) is 8. The number of hydrogen-bond acceptors (Lipinski definition) is 14. The molecule has 8 N–H and O–H groups in total. The quantitative estimate of drug-likeness (QED) is 0.0931. The number of aliphatic imine (C=N–C) groups is 6. The summed E-state index contributed by atoms with van der Waals surface area (Å²) in [5, 5.41) is 46.4. The third-order valence-corrected chi connectivity index (χ3v) is 14.8. The number of H-pyrrole nitrogens is 2. The van der Waals surface area contributed by atoms with Crippen molar-refractivity contribution in [2.24, 2.45) is 30.0 Å². The molecule has 2 aromatic heterocycles. The average molecular weight is 1120 g/mol. The highest BCUT2D eigenvalue weighted by atomic mass is 16.4. The molecule has 0 fully saturated rings. The van der Waals surface area contributed by atoms with Crippen LogP contribution in [-0.2, 0) is 19.2 Å². The van der Waals surface area contributed by atoms with E-state index in [2.05, 4.69) is 44.3 Å². The molecular weight excluding hydrogens is 1060 g/mol.